The molecule has 0 aliphatic carbocycles. The molecule has 0 heterocycles. The third-order valence-corrected chi connectivity index (χ3v) is 1.10. The first-order chi connectivity index (χ1) is 5.81. The Bertz CT molecular complexity index is 188. The van der Waals surface area contributed by atoms with Crippen molar-refractivity contribution in [2.75, 3.05) is 19.6 Å². The average Bonchev–Trinajstić information content (AvgIpc) is 2.06. The molecule has 0 rings (SSSR count). The fourth-order valence-corrected chi connectivity index (χ4v) is 0.585. The van der Waals surface area contributed by atoms with E-state index in [-0.39, 0.29) is 12.5 Å². The highest BCUT2D eigenvalue weighted by molar-refractivity contribution is 5.77. The lowest BCUT2D eigenvalue weighted by atomic mass is 10.4. The fourth-order valence-electron chi connectivity index (χ4n) is 0.585. The van der Waals surface area contributed by atoms with Crippen molar-refractivity contribution in [1.82, 2.24) is 10.6 Å². The molecule has 2 N–H and O–H groups in total. The molecular weight excluding hydrogens is 152 g/mol. The highest BCUT2D eigenvalue weighted by atomic mass is 16.1. The molecule has 0 aromatic carbocycles. The molecular formula is C9H12N2O. The molecule has 0 saturated heterocycles. The summed E-state index contributed by atoms with van der Waals surface area (Å²) in [5, 5.41) is 5.39. The summed E-state index contributed by atoms with van der Waals surface area (Å²) in [6.45, 7) is 1.17. The maximum atomic E-state index is 10.9. The summed E-state index contributed by atoms with van der Waals surface area (Å²) < 4.78 is 0. The van der Waals surface area contributed by atoms with Crippen LogP contribution in [-0.2, 0) is 4.79 Å². The van der Waals surface area contributed by atoms with E-state index in [1.54, 1.807) is 0 Å². The van der Waals surface area contributed by atoms with Crippen LogP contribution in [0.3, 0.4) is 0 Å². The number of terminal acetylenes is 2. The highest BCUT2D eigenvalue weighted by Gasteiger charge is 1.96. The van der Waals surface area contributed by atoms with Gasteiger partial charge in [0.05, 0.1) is 13.1 Å². The SMILES string of the molecule is C#CCCNC(=O)CNCC#C. The molecule has 0 fully saturated rings. The standard InChI is InChI=1S/C9H12N2O/c1-3-5-7-11-9(12)8-10-6-4-2/h1-2,10H,5-8H2,(H,11,12). The lowest BCUT2D eigenvalue weighted by Gasteiger charge is -2.01. The summed E-state index contributed by atoms with van der Waals surface area (Å²) in [6, 6.07) is 0. The first-order valence-electron chi connectivity index (χ1n) is 3.65. The van der Waals surface area contributed by atoms with E-state index in [1.165, 1.54) is 0 Å². The van der Waals surface area contributed by atoms with Gasteiger partial charge >= 0.3 is 0 Å². The minimum absolute atomic E-state index is 0.0829. The van der Waals surface area contributed by atoms with E-state index in [2.05, 4.69) is 22.5 Å². The van der Waals surface area contributed by atoms with Crippen LogP contribution in [0, 0.1) is 24.7 Å². The number of amides is 1. The van der Waals surface area contributed by atoms with Crippen molar-refractivity contribution in [3.8, 4) is 24.7 Å². The van der Waals surface area contributed by atoms with Crippen molar-refractivity contribution >= 4 is 5.91 Å². The van der Waals surface area contributed by atoms with Gasteiger partial charge in [-0.05, 0) is 0 Å². The van der Waals surface area contributed by atoms with E-state index in [1.807, 2.05) is 0 Å². The molecule has 0 atom stereocenters. The van der Waals surface area contributed by atoms with Crippen molar-refractivity contribution in [1.29, 1.82) is 0 Å². The van der Waals surface area contributed by atoms with Crippen LogP contribution in [-0.4, -0.2) is 25.5 Å². The van der Waals surface area contributed by atoms with Gasteiger partial charge in [-0.25, -0.2) is 0 Å². The number of rotatable bonds is 5. The fraction of sp³-hybridized carbons (Fsp3) is 0.444. The third kappa shape index (κ3) is 6.67. The number of hydrogen-bond donors (Lipinski definition) is 2. The van der Waals surface area contributed by atoms with Crippen LogP contribution >= 0.6 is 0 Å². The predicted molar refractivity (Wildman–Crippen MR) is 48.2 cm³/mol. The lowest BCUT2D eigenvalue weighted by molar-refractivity contribution is -0.120. The Morgan fingerprint density at radius 1 is 1.33 bits per heavy atom. The largest absolute Gasteiger partial charge is 0.354 e. The van der Waals surface area contributed by atoms with E-state index in [9.17, 15) is 4.79 Å². The van der Waals surface area contributed by atoms with Crippen molar-refractivity contribution in [3.63, 3.8) is 0 Å². The van der Waals surface area contributed by atoms with Gasteiger partial charge in [0.15, 0.2) is 0 Å². The Hall–Kier alpha value is -1.45. The van der Waals surface area contributed by atoms with Crippen LogP contribution in [0.15, 0.2) is 0 Å². The first-order valence-corrected chi connectivity index (χ1v) is 3.65. The van der Waals surface area contributed by atoms with Crippen LogP contribution < -0.4 is 10.6 Å². The molecule has 0 aromatic rings. The summed E-state index contributed by atoms with van der Waals surface area (Å²) in [4.78, 5) is 10.9. The van der Waals surface area contributed by atoms with Crippen LogP contribution in [0.5, 0.6) is 0 Å². The maximum Gasteiger partial charge on any atom is 0.234 e. The molecule has 0 bridgehead atoms. The molecule has 3 nitrogen and oxygen atoms in total. The number of carbonyl (C=O) groups is 1. The zero-order valence-corrected chi connectivity index (χ0v) is 6.89. The van der Waals surface area contributed by atoms with Crippen LogP contribution in [0.25, 0.3) is 0 Å². The summed E-state index contributed by atoms with van der Waals surface area (Å²) in [5.74, 6) is 4.71. The van der Waals surface area contributed by atoms with Gasteiger partial charge in [0.25, 0.3) is 0 Å². The van der Waals surface area contributed by atoms with Gasteiger partial charge < -0.3 is 5.32 Å². The van der Waals surface area contributed by atoms with Crippen molar-refractivity contribution < 1.29 is 4.79 Å². The lowest BCUT2D eigenvalue weighted by Crippen LogP contribution is -2.34. The van der Waals surface area contributed by atoms with E-state index in [4.69, 9.17) is 12.8 Å². The molecule has 0 radical (unpaired) electrons. The van der Waals surface area contributed by atoms with Crippen LogP contribution in [0.1, 0.15) is 6.42 Å². The Morgan fingerprint density at radius 2 is 2.08 bits per heavy atom. The molecule has 64 valence electrons. The van der Waals surface area contributed by atoms with Crippen molar-refractivity contribution in [3.05, 3.63) is 0 Å². The van der Waals surface area contributed by atoms with Gasteiger partial charge in [0.1, 0.15) is 0 Å². The summed E-state index contributed by atoms with van der Waals surface area (Å²) in [6.07, 6.45) is 10.5. The Kier molecular flexibility index (Phi) is 6.73. The number of carbonyl (C=O) groups excluding carboxylic acids is 1. The Labute approximate surface area is 72.9 Å². The van der Waals surface area contributed by atoms with E-state index < -0.39 is 0 Å². The molecule has 0 aliphatic heterocycles. The van der Waals surface area contributed by atoms with Gasteiger partial charge in [0, 0.05) is 13.0 Å². The maximum absolute atomic E-state index is 10.9. The topological polar surface area (TPSA) is 41.1 Å². The summed E-state index contributed by atoms with van der Waals surface area (Å²) in [7, 11) is 0. The summed E-state index contributed by atoms with van der Waals surface area (Å²) >= 11 is 0. The zero-order chi connectivity index (χ0) is 9.23. The monoisotopic (exact) mass is 164 g/mol. The predicted octanol–water partition coefficient (Wildman–Crippen LogP) is -0.651. The van der Waals surface area contributed by atoms with Gasteiger partial charge in [0.2, 0.25) is 5.91 Å². The van der Waals surface area contributed by atoms with Gasteiger partial charge in [-0.3, -0.25) is 10.1 Å². The van der Waals surface area contributed by atoms with E-state index in [0.717, 1.165) is 0 Å². The number of hydrogen-bond acceptors (Lipinski definition) is 2. The van der Waals surface area contributed by atoms with E-state index >= 15 is 0 Å². The molecule has 0 aromatic heterocycles. The molecule has 0 aliphatic rings. The second kappa shape index (κ2) is 7.65. The average molecular weight is 164 g/mol. The Morgan fingerprint density at radius 3 is 2.67 bits per heavy atom. The first kappa shape index (κ1) is 10.6. The quantitative estimate of drug-likeness (QED) is 0.419. The van der Waals surface area contributed by atoms with Gasteiger partial charge in [-0.15, -0.1) is 18.8 Å². The summed E-state index contributed by atoms with van der Waals surface area (Å²) in [5.41, 5.74) is 0. The zero-order valence-electron chi connectivity index (χ0n) is 6.89. The van der Waals surface area contributed by atoms with Crippen molar-refractivity contribution in [2.45, 2.75) is 6.42 Å². The molecule has 12 heavy (non-hydrogen) atoms. The van der Waals surface area contributed by atoms with Gasteiger partial charge in [-0.1, -0.05) is 5.92 Å². The molecule has 3 heteroatoms. The minimum Gasteiger partial charge on any atom is -0.354 e. The second-order valence-electron chi connectivity index (χ2n) is 2.11. The molecule has 1 amide bonds. The van der Waals surface area contributed by atoms with Crippen LogP contribution in [0.4, 0.5) is 0 Å². The van der Waals surface area contributed by atoms with Gasteiger partial charge in [-0.2, -0.15) is 0 Å². The van der Waals surface area contributed by atoms with Crippen molar-refractivity contribution in [2.24, 2.45) is 0 Å². The minimum atomic E-state index is -0.0829. The number of nitrogens with one attached hydrogen (secondary N) is 2. The second-order valence-corrected chi connectivity index (χ2v) is 2.11. The Balaban J connectivity index is 3.24. The molecule has 0 unspecified atom stereocenters. The van der Waals surface area contributed by atoms with Crippen LogP contribution in [0.2, 0.25) is 0 Å². The normalized spacial score (nSPS) is 8.17. The molecule has 0 spiro atoms. The smallest absolute Gasteiger partial charge is 0.234 e. The third-order valence-electron chi connectivity index (χ3n) is 1.10. The van der Waals surface area contributed by atoms with E-state index in [0.29, 0.717) is 19.5 Å². The molecule has 0 saturated carbocycles. The highest BCUT2D eigenvalue weighted by Crippen LogP contribution is 1.70.